The molecule has 6 nitrogen and oxygen atoms in total. The van der Waals surface area contributed by atoms with Crippen molar-refractivity contribution in [1.29, 1.82) is 0 Å². The Morgan fingerprint density at radius 3 is 2.51 bits per heavy atom. The van der Waals surface area contributed by atoms with Crippen LogP contribution in [0.2, 0.25) is 0 Å². The van der Waals surface area contributed by atoms with Crippen molar-refractivity contribution in [2.45, 2.75) is 82.8 Å². The Kier molecular flexibility index (Phi) is 7.36. The maximum absolute atomic E-state index is 14.1. The number of benzene rings is 1. The van der Waals surface area contributed by atoms with E-state index in [0.717, 1.165) is 61.8 Å². The van der Waals surface area contributed by atoms with Crippen LogP contribution in [-0.4, -0.2) is 39.9 Å². The number of rotatable bonds is 9. The first-order chi connectivity index (χ1) is 18.0. The predicted octanol–water partition coefficient (Wildman–Crippen LogP) is 5.81. The van der Waals surface area contributed by atoms with Gasteiger partial charge in [0.15, 0.2) is 0 Å². The maximum Gasteiger partial charge on any atom is 0.303 e. The first-order valence-corrected chi connectivity index (χ1v) is 13.9. The van der Waals surface area contributed by atoms with Crippen molar-refractivity contribution in [2.75, 3.05) is 4.90 Å². The molecule has 3 aliphatic carbocycles. The van der Waals surface area contributed by atoms with E-state index in [4.69, 9.17) is 0 Å². The molecule has 6 heteroatoms. The van der Waals surface area contributed by atoms with E-state index in [9.17, 15) is 19.5 Å². The number of fused-ring (bicyclic) bond motifs is 2. The largest absolute Gasteiger partial charge is 0.481 e. The molecule has 1 aliphatic heterocycles. The molecule has 0 saturated heterocycles. The van der Waals surface area contributed by atoms with Crippen LogP contribution in [0.5, 0.6) is 0 Å². The molecule has 0 spiro atoms. The monoisotopic (exact) mass is 502 g/mol. The minimum Gasteiger partial charge on any atom is -0.481 e. The summed E-state index contributed by atoms with van der Waals surface area (Å²) in [6, 6.07) is 8.23. The third-order valence-corrected chi connectivity index (χ3v) is 8.83. The van der Waals surface area contributed by atoms with E-state index >= 15 is 0 Å². The summed E-state index contributed by atoms with van der Waals surface area (Å²) in [5.74, 6) is -0.457. The molecule has 5 unspecified atom stereocenters. The number of hydrogen-bond acceptors (Lipinski definition) is 3. The van der Waals surface area contributed by atoms with E-state index in [1.807, 2.05) is 42.2 Å². The first-order valence-electron chi connectivity index (χ1n) is 13.9. The molecule has 0 radical (unpaired) electrons. The fourth-order valence-corrected chi connectivity index (χ4v) is 6.90. The number of carbonyl (C=O) groups is 3. The quantitative estimate of drug-likeness (QED) is 0.432. The topological polar surface area (TPSA) is 77.9 Å². The van der Waals surface area contributed by atoms with E-state index in [2.05, 4.69) is 23.6 Å². The summed E-state index contributed by atoms with van der Waals surface area (Å²) in [5, 5.41) is 9.23. The lowest BCUT2D eigenvalue weighted by atomic mass is 9.78. The Morgan fingerprint density at radius 2 is 1.84 bits per heavy atom. The number of amides is 2. The van der Waals surface area contributed by atoms with Crippen LogP contribution in [0.25, 0.3) is 0 Å². The SMILES string of the molecule is C=C/C=C(\C=C/C)C1CC1C(=O)N1c2ccccc2C(N(C(=O)CCC(=O)O)C2CCC2)C2CCCC21. The number of carboxylic acids is 1. The Labute approximate surface area is 219 Å². The second-order valence-corrected chi connectivity index (χ2v) is 11.0. The van der Waals surface area contributed by atoms with Gasteiger partial charge >= 0.3 is 5.97 Å². The average Bonchev–Trinajstić information content (AvgIpc) is 3.51. The number of aliphatic carboxylic acids is 1. The highest BCUT2D eigenvalue weighted by Crippen LogP contribution is 2.54. The Bertz CT molecular complexity index is 1130. The van der Waals surface area contributed by atoms with Gasteiger partial charge in [0.1, 0.15) is 0 Å². The summed E-state index contributed by atoms with van der Waals surface area (Å²) >= 11 is 0. The van der Waals surface area contributed by atoms with Gasteiger partial charge in [-0.2, -0.15) is 0 Å². The average molecular weight is 503 g/mol. The van der Waals surface area contributed by atoms with E-state index in [1.165, 1.54) is 0 Å². The third kappa shape index (κ3) is 4.78. The van der Waals surface area contributed by atoms with Gasteiger partial charge in [0.2, 0.25) is 11.8 Å². The summed E-state index contributed by atoms with van der Waals surface area (Å²) in [4.78, 5) is 43.0. The number of carboxylic acid groups (broad SMARTS) is 1. The van der Waals surface area contributed by atoms with Crippen molar-refractivity contribution in [3.05, 3.63) is 66.3 Å². The molecule has 3 saturated carbocycles. The molecule has 4 aliphatic rings. The lowest BCUT2D eigenvalue weighted by Gasteiger charge is -2.51. The minimum absolute atomic E-state index is 0.0254. The lowest BCUT2D eigenvalue weighted by Crippen LogP contribution is -2.56. The van der Waals surface area contributed by atoms with Gasteiger partial charge in [0, 0.05) is 36.0 Å². The van der Waals surface area contributed by atoms with Gasteiger partial charge in [-0.3, -0.25) is 14.4 Å². The van der Waals surface area contributed by atoms with Crippen molar-refractivity contribution in [3.63, 3.8) is 0 Å². The molecule has 1 heterocycles. The first kappa shape index (κ1) is 25.5. The van der Waals surface area contributed by atoms with Gasteiger partial charge in [-0.15, -0.1) is 0 Å². The van der Waals surface area contributed by atoms with Crippen LogP contribution in [0.15, 0.2) is 60.7 Å². The highest BCUT2D eigenvalue weighted by molar-refractivity contribution is 5.99. The van der Waals surface area contributed by atoms with E-state index in [1.54, 1.807) is 6.08 Å². The fraction of sp³-hybridized carbons (Fsp3) is 0.516. The van der Waals surface area contributed by atoms with Gasteiger partial charge in [0.25, 0.3) is 0 Å². The highest BCUT2D eigenvalue weighted by Gasteiger charge is 2.54. The molecule has 3 fully saturated rings. The standard InChI is InChI=1S/C31H38N2O4/c1-3-9-20(10-4-2)24-19-25(24)31(37)33-26-15-6-5-13-22(26)30(23-14-8-16-27(23)33)32(21-11-7-12-21)28(34)17-18-29(35)36/h3-6,9-10,13,15,21,23-25,27,30H,1,7-8,11-12,14,16-19H2,2H3,(H,35,36)/b10-4-,20-9+. The number of para-hydroxylation sites is 1. The van der Waals surface area contributed by atoms with Crippen molar-refractivity contribution in [3.8, 4) is 0 Å². The van der Waals surface area contributed by atoms with Gasteiger partial charge in [-0.25, -0.2) is 0 Å². The fourth-order valence-electron chi connectivity index (χ4n) is 6.90. The maximum atomic E-state index is 14.1. The molecule has 5 atom stereocenters. The van der Waals surface area contributed by atoms with E-state index in [0.29, 0.717) is 0 Å². The lowest BCUT2D eigenvalue weighted by molar-refractivity contribution is -0.145. The summed E-state index contributed by atoms with van der Waals surface area (Å²) in [7, 11) is 0. The van der Waals surface area contributed by atoms with Crippen LogP contribution >= 0.6 is 0 Å². The Morgan fingerprint density at radius 1 is 1.08 bits per heavy atom. The number of anilines is 1. The molecule has 1 aromatic carbocycles. The minimum atomic E-state index is -0.941. The van der Waals surface area contributed by atoms with Crippen LogP contribution in [0, 0.1) is 17.8 Å². The Hall–Kier alpha value is -3.15. The zero-order valence-electron chi connectivity index (χ0n) is 21.7. The number of hydrogen-bond donors (Lipinski definition) is 1. The van der Waals surface area contributed by atoms with Crippen molar-refractivity contribution in [2.24, 2.45) is 17.8 Å². The van der Waals surface area contributed by atoms with Crippen LogP contribution in [0.4, 0.5) is 5.69 Å². The molecule has 1 N–H and O–H groups in total. The third-order valence-electron chi connectivity index (χ3n) is 8.83. The van der Waals surface area contributed by atoms with Crippen LogP contribution in [0.3, 0.4) is 0 Å². The molecule has 196 valence electrons. The number of nitrogens with zero attached hydrogens (tertiary/aromatic N) is 2. The molecule has 0 bridgehead atoms. The van der Waals surface area contributed by atoms with Gasteiger partial charge < -0.3 is 14.9 Å². The smallest absolute Gasteiger partial charge is 0.303 e. The van der Waals surface area contributed by atoms with Crippen LogP contribution in [0.1, 0.15) is 76.3 Å². The summed E-state index contributed by atoms with van der Waals surface area (Å²) in [6.07, 6.45) is 14.6. The molecular formula is C31H38N2O4. The van der Waals surface area contributed by atoms with Gasteiger partial charge in [0.05, 0.1) is 12.5 Å². The van der Waals surface area contributed by atoms with Gasteiger partial charge in [-0.1, -0.05) is 55.5 Å². The van der Waals surface area contributed by atoms with E-state index in [-0.39, 0.29) is 60.5 Å². The summed E-state index contributed by atoms with van der Waals surface area (Å²) < 4.78 is 0. The molecule has 5 rings (SSSR count). The van der Waals surface area contributed by atoms with Crippen LogP contribution in [-0.2, 0) is 14.4 Å². The molecule has 0 aromatic heterocycles. The molecule has 1 aromatic rings. The predicted molar refractivity (Wildman–Crippen MR) is 144 cm³/mol. The zero-order valence-corrected chi connectivity index (χ0v) is 21.7. The normalized spacial score (nSPS) is 28.8. The number of carbonyl (C=O) groups excluding carboxylic acids is 2. The second kappa shape index (κ2) is 10.7. The highest BCUT2D eigenvalue weighted by atomic mass is 16.4. The molecular weight excluding hydrogens is 464 g/mol. The van der Waals surface area contributed by atoms with E-state index < -0.39 is 5.97 Å². The van der Waals surface area contributed by atoms with Crippen molar-refractivity contribution >= 4 is 23.5 Å². The van der Waals surface area contributed by atoms with Crippen molar-refractivity contribution < 1.29 is 19.5 Å². The Balaban J connectivity index is 1.49. The van der Waals surface area contributed by atoms with Crippen molar-refractivity contribution in [1.82, 2.24) is 4.90 Å². The van der Waals surface area contributed by atoms with Gasteiger partial charge in [-0.05, 0) is 68.6 Å². The molecule has 2 amide bonds. The number of allylic oxidation sites excluding steroid dienone is 5. The zero-order chi connectivity index (χ0) is 26.1. The second-order valence-electron chi connectivity index (χ2n) is 11.0. The van der Waals surface area contributed by atoms with Crippen LogP contribution < -0.4 is 4.90 Å². The summed E-state index contributed by atoms with van der Waals surface area (Å²) in [6.45, 7) is 5.84. The molecule has 37 heavy (non-hydrogen) atoms. The summed E-state index contributed by atoms with van der Waals surface area (Å²) in [5.41, 5.74) is 3.13.